The van der Waals surface area contributed by atoms with Gasteiger partial charge in [-0.1, -0.05) is 38.2 Å². The molecule has 0 amide bonds. The normalized spacial score (nSPS) is 12.4. The highest BCUT2D eigenvalue weighted by molar-refractivity contribution is 5.36. The van der Waals surface area contributed by atoms with E-state index in [9.17, 15) is 0 Å². The van der Waals surface area contributed by atoms with Crippen LogP contribution in [0.2, 0.25) is 0 Å². The highest BCUT2D eigenvalue weighted by Gasteiger charge is 2.05. The second-order valence-electron chi connectivity index (χ2n) is 2.96. The molecule has 0 spiro atoms. The van der Waals surface area contributed by atoms with Gasteiger partial charge in [-0.05, 0) is 12.0 Å². The topological polar surface area (TPSA) is 26.0 Å². The first-order valence-corrected chi connectivity index (χ1v) is 3.94. The van der Waals surface area contributed by atoms with Crippen LogP contribution < -0.4 is 10.6 Å². The number of aromatic nitrogens is 1. The van der Waals surface area contributed by atoms with Crippen LogP contribution in [0.1, 0.15) is 25.5 Å². The van der Waals surface area contributed by atoms with E-state index >= 15 is 0 Å². The third-order valence-electron chi connectivity index (χ3n) is 1.66. The van der Waals surface area contributed by atoms with Crippen LogP contribution in [0.5, 0.6) is 0 Å². The van der Waals surface area contributed by atoms with Crippen molar-refractivity contribution in [2.24, 2.45) is 0 Å². The standard InChI is InChI=1S/C10H13NO/c1-5-6-9-8(4)12-11-10(9)7(2)3/h5-7H,1,4H2,2-3H3/b9-6+. The van der Waals surface area contributed by atoms with Crippen LogP contribution in [-0.2, 0) is 0 Å². The van der Waals surface area contributed by atoms with Gasteiger partial charge in [0, 0.05) is 5.22 Å². The van der Waals surface area contributed by atoms with E-state index in [-0.39, 0.29) is 0 Å². The summed E-state index contributed by atoms with van der Waals surface area (Å²) in [6, 6.07) is 0. The number of hydrogen-bond acceptors (Lipinski definition) is 2. The zero-order valence-electron chi connectivity index (χ0n) is 7.50. The number of rotatable bonds is 2. The summed E-state index contributed by atoms with van der Waals surface area (Å²) in [5.74, 6) is 0.357. The Balaban J connectivity index is 3.42. The van der Waals surface area contributed by atoms with E-state index in [1.54, 1.807) is 6.08 Å². The van der Waals surface area contributed by atoms with Crippen LogP contribution in [0, 0.1) is 0 Å². The molecule has 0 saturated carbocycles. The highest BCUT2D eigenvalue weighted by Crippen LogP contribution is 2.03. The molecule has 0 aromatic carbocycles. The van der Waals surface area contributed by atoms with Gasteiger partial charge in [-0.15, -0.1) is 0 Å². The van der Waals surface area contributed by atoms with Crippen molar-refractivity contribution in [1.82, 2.24) is 5.16 Å². The molecule has 0 saturated heterocycles. The molecule has 2 heteroatoms. The zero-order valence-corrected chi connectivity index (χ0v) is 7.50. The molecule has 1 aromatic rings. The molecule has 0 aliphatic heterocycles. The quantitative estimate of drug-likeness (QED) is 0.654. The fourth-order valence-electron chi connectivity index (χ4n) is 1.06. The number of nitrogens with zero attached hydrogens (tertiary/aromatic N) is 1. The summed E-state index contributed by atoms with van der Waals surface area (Å²) in [6.45, 7) is 11.5. The summed E-state index contributed by atoms with van der Waals surface area (Å²) in [4.78, 5) is 0. The third-order valence-corrected chi connectivity index (χ3v) is 1.66. The summed E-state index contributed by atoms with van der Waals surface area (Å²) in [5, 5.41) is 4.88. The van der Waals surface area contributed by atoms with Gasteiger partial charge in [0.15, 0.2) is 5.42 Å². The van der Waals surface area contributed by atoms with E-state index in [0.29, 0.717) is 11.3 Å². The predicted molar refractivity (Wildman–Crippen MR) is 50.0 cm³/mol. The SMILES string of the molecule is C=C/C=c1/c(C(C)C)noc1=C. The van der Waals surface area contributed by atoms with Crippen LogP contribution in [0.3, 0.4) is 0 Å². The van der Waals surface area contributed by atoms with Crippen molar-refractivity contribution >= 4 is 12.7 Å². The van der Waals surface area contributed by atoms with E-state index < -0.39 is 0 Å². The van der Waals surface area contributed by atoms with Gasteiger partial charge in [0.25, 0.3) is 0 Å². The van der Waals surface area contributed by atoms with Crippen LogP contribution in [-0.4, -0.2) is 5.16 Å². The van der Waals surface area contributed by atoms with Crippen LogP contribution >= 0.6 is 0 Å². The third kappa shape index (κ3) is 1.47. The molecule has 1 aromatic heterocycles. The molecule has 0 aliphatic carbocycles. The Bertz CT molecular complexity index is 373. The van der Waals surface area contributed by atoms with Crippen LogP contribution in [0.25, 0.3) is 12.7 Å². The lowest BCUT2D eigenvalue weighted by Crippen LogP contribution is -2.21. The summed E-state index contributed by atoms with van der Waals surface area (Å²) in [5.41, 5.74) is 1.55. The first-order valence-electron chi connectivity index (χ1n) is 3.94. The predicted octanol–water partition coefficient (Wildman–Crippen LogP) is 1.17. The lowest BCUT2D eigenvalue weighted by molar-refractivity contribution is 0.386. The van der Waals surface area contributed by atoms with Crippen molar-refractivity contribution in [3.63, 3.8) is 0 Å². The van der Waals surface area contributed by atoms with Gasteiger partial charge < -0.3 is 4.52 Å². The second-order valence-corrected chi connectivity index (χ2v) is 2.96. The average molecular weight is 163 g/mol. The van der Waals surface area contributed by atoms with Gasteiger partial charge in [-0.2, -0.15) is 0 Å². The molecule has 1 heterocycles. The lowest BCUT2D eigenvalue weighted by atomic mass is 10.1. The van der Waals surface area contributed by atoms with Gasteiger partial charge >= 0.3 is 0 Å². The van der Waals surface area contributed by atoms with E-state index in [1.165, 1.54) is 0 Å². The molecule has 64 valence electrons. The molecule has 0 atom stereocenters. The van der Waals surface area contributed by atoms with Crippen molar-refractivity contribution in [2.75, 3.05) is 0 Å². The molecular weight excluding hydrogens is 150 g/mol. The molecule has 12 heavy (non-hydrogen) atoms. The van der Waals surface area contributed by atoms with E-state index in [2.05, 4.69) is 32.2 Å². The van der Waals surface area contributed by atoms with Crippen LogP contribution in [0.4, 0.5) is 0 Å². The minimum atomic E-state index is 0.357. The molecular formula is C10H13NO. The van der Waals surface area contributed by atoms with Crippen molar-refractivity contribution in [1.29, 1.82) is 0 Å². The Morgan fingerprint density at radius 2 is 2.17 bits per heavy atom. The first kappa shape index (κ1) is 8.78. The Kier molecular flexibility index (Phi) is 2.48. The van der Waals surface area contributed by atoms with E-state index in [0.717, 1.165) is 10.9 Å². The van der Waals surface area contributed by atoms with Crippen molar-refractivity contribution in [3.8, 4) is 0 Å². The Labute approximate surface area is 71.9 Å². The highest BCUT2D eigenvalue weighted by atomic mass is 16.5. The van der Waals surface area contributed by atoms with Gasteiger partial charge in [-0.25, -0.2) is 0 Å². The number of hydrogen-bond donors (Lipinski definition) is 0. The maximum atomic E-state index is 4.97. The van der Waals surface area contributed by atoms with Crippen molar-refractivity contribution in [2.45, 2.75) is 19.8 Å². The van der Waals surface area contributed by atoms with E-state index in [4.69, 9.17) is 4.52 Å². The molecule has 0 unspecified atom stereocenters. The molecule has 1 rings (SSSR count). The summed E-state index contributed by atoms with van der Waals surface area (Å²) >= 11 is 0. The van der Waals surface area contributed by atoms with Gasteiger partial charge in [0.2, 0.25) is 0 Å². The molecule has 0 fully saturated rings. The zero-order chi connectivity index (χ0) is 9.14. The molecule has 0 aliphatic rings. The summed E-state index contributed by atoms with van der Waals surface area (Å²) < 4.78 is 4.97. The monoisotopic (exact) mass is 163 g/mol. The lowest BCUT2D eigenvalue weighted by Gasteiger charge is -1.95. The Hall–Kier alpha value is -1.31. The Morgan fingerprint density at radius 3 is 2.67 bits per heavy atom. The summed E-state index contributed by atoms with van der Waals surface area (Å²) in [6.07, 6.45) is 3.58. The summed E-state index contributed by atoms with van der Waals surface area (Å²) in [7, 11) is 0. The molecule has 0 radical (unpaired) electrons. The van der Waals surface area contributed by atoms with Crippen LogP contribution in [0.15, 0.2) is 17.2 Å². The number of allylic oxidation sites excluding steroid dienone is 1. The average Bonchev–Trinajstić information content (AvgIpc) is 2.34. The maximum absolute atomic E-state index is 4.97. The van der Waals surface area contributed by atoms with E-state index in [1.807, 2.05) is 6.08 Å². The van der Waals surface area contributed by atoms with Gasteiger partial charge in [0.05, 0.1) is 5.69 Å². The molecule has 0 N–H and O–H groups in total. The second kappa shape index (κ2) is 3.39. The van der Waals surface area contributed by atoms with Gasteiger partial charge in [-0.3, -0.25) is 0 Å². The maximum Gasteiger partial charge on any atom is 0.160 e. The van der Waals surface area contributed by atoms with Crippen molar-refractivity contribution < 1.29 is 4.52 Å². The fraction of sp³-hybridized carbons (Fsp3) is 0.300. The largest absolute Gasteiger partial charge is 0.357 e. The molecule has 0 bridgehead atoms. The first-order chi connectivity index (χ1) is 5.66. The molecule has 2 nitrogen and oxygen atoms in total. The smallest absolute Gasteiger partial charge is 0.160 e. The van der Waals surface area contributed by atoms with Crippen molar-refractivity contribution in [3.05, 3.63) is 29.0 Å². The Morgan fingerprint density at radius 1 is 1.50 bits per heavy atom. The van der Waals surface area contributed by atoms with Gasteiger partial charge in [0.1, 0.15) is 0 Å². The minimum Gasteiger partial charge on any atom is -0.357 e. The fourth-order valence-corrected chi connectivity index (χ4v) is 1.06. The minimum absolute atomic E-state index is 0.357.